The Kier molecular flexibility index (Phi) is 5.26. The molecule has 1 saturated heterocycles. The van der Waals surface area contributed by atoms with E-state index in [0.29, 0.717) is 43.2 Å². The molecular weight excluding hydrogens is 304 g/mol. The molecule has 0 radical (unpaired) electrons. The first-order valence-electron chi connectivity index (χ1n) is 6.59. The molecule has 0 amide bonds. The zero-order chi connectivity index (χ0) is 14.8. The van der Waals surface area contributed by atoms with Crippen LogP contribution in [0.25, 0.3) is 0 Å². The summed E-state index contributed by atoms with van der Waals surface area (Å²) >= 11 is 11.8. The number of ether oxygens (including phenoxy) is 1. The molecule has 3 nitrogen and oxygen atoms in total. The van der Waals surface area contributed by atoms with Gasteiger partial charge in [0.15, 0.2) is 0 Å². The largest absolute Gasteiger partial charge is 0.388 e. The van der Waals surface area contributed by atoms with Crippen LogP contribution >= 0.6 is 23.2 Å². The van der Waals surface area contributed by atoms with E-state index in [1.165, 1.54) is 12.1 Å². The Hall–Kier alpha value is -0.390. The third-order valence-electron chi connectivity index (χ3n) is 3.67. The van der Waals surface area contributed by atoms with Gasteiger partial charge in [0.05, 0.1) is 10.6 Å². The molecule has 1 aromatic rings. The molecule has 1 heterocycles. The summed E-state index contributed by atoms with van der Waals surface area (Å²) in [5, 5.41) is 14.0. The lowest BCUT2D eigenvalue weighted by atomic mass is 9.94. The maximum Gasteiger partial charge on any atom is 0.142 e. The van der Waals surface area contributed by atoms with Crippen molar-refractivity contribution in [2.45, 2.75) is 31.4 Å². The summed E-state index contributed by atoms with van der Waals surface area (Å²) < 4.78 is 18.7. The number of hydrogen-bond donors (Lipinski definition) is 2. The molecule has 112 valence electrons. The highest BCUT2D eigenvalue weighted by atomic mass is 35.5. The summed E-state index contributed by atoms with van der Waals surface area (Å²) in [4.78, 5) is 0. The number of hydrogen-bond acceptors (Lipinski definition) is 3. The second-order valence-corrected chi connectivity index (χ2v) is 6.04. The number of rotatable bonds is 4. The van der Waals surface area contributed by atoms with Gasteiger partial charge in [-0.3, -0.25) is 0 Å². The van der Waals surface area contributed by atoms with Crippen molar-refractivity contribution < 1.29 is 14.2 Å². The van der Waals surface area contributed by atoms with Gasteiger partial charge in [0.25, 0.3) is 0 Å². The van der Waals surface area contributed by atoms with E-state index >= 15 is 0 Å². The average molecular weight is 322 g/mol. The van der Waals surface area contributed by atoms with Gasteiger partial charge < -0.3 is 15.2 Å². The number of halogens is 3. The fourth-order valence-corrected chi connectivity index (χ4v) is 2.80. The van der Waals surface area contributed by atoms with Crippen molar-refractivity contribution in [3.8, 4) is 0 Å². The number of nitrogens with one attached hydrogen (secondary N) is 1. The second kappa shape index (κ2) is 6.58. The minimum atomic E-state index is -0.774. The molecule has 1 aliphatic rings. The van der Waals surface area contributed by atoms with E-state index in [4.69, 9.17) is 27.9 Å². The van der Waals surface area contributed by atoms with Crippen LogP contribution in [-0.4, -0.2) is 30.5 Å². The first-order valence-corrected chi connectivity index (χ1v) is 7.35. The Balaban J connectivity index is 2.01. The molecule has 0 aromatic heterocycles. The lowest BCUT2D eigenvalue weighted by Gasteiger charge is -2.33. The summed E-state index contributed by atoms with van der Waals surface area (Å²) in [6.07, 6.45) is 1.19. The van der Waals surface area contributed by atoms with Crippen molar-refractivity contribution in [3.63, 3.8) is 0 Å². The molecule has 1 atom stereocenters. The quantitative estimate of drug-likeness (QED) is 0.836. The van der Waals surface area contributed by atoms with E-state index in [2.05, 4.69) is 5.32 Å². The van der Waals surface area contributed by atoms with E-state index in [0.717, 1.165) is 0 Å². The second-order valence-electron chi connectivity index (χ2n) is 5.23. The molecule has 2 N–H and O–H groups in total. The highest BCUT2D eigenvalue weighted by Gasteiger charge is 2.30. The Morgan fingerprint density at radius 1 is 1.35 bits per heavy atom. The molecular formula is C14H18Cl2FNO2. The van der Waals surface area contributed by atoms with Crippen LogP contribution in [0.3, 0.4) is 0 Å². The van der Waals surface area contributed by atoms with Crippen molar-refractivity contribution in [1.29, 1.82) is 0 Å². The molecule has 0 aliphatic carbocycles. The zero-order valence-electron chi connectivity index (χ0n) is 11.3. The first kappa shape index (κ1) is 16.0. The maximum atomic E-state index is 13.5. The molecule has 1 aromatic carbocycles. The molecule has 0 bridgehead atoms. The standard InChI is InChI=1S/C14H18Cl2FNO2/c1-9(10-6-13(17)12(16)7-11(10)15)18-8-14(19)2-4-20-5-3-14/h6-7,9,18-19H,2-5,8H2,1H3. The van der Waals surface area contributed by atoms with Crippen molar-refractivity contribution in [2.24, 2.45) is 0 Å². The van der Waals surface area contributed by atoms with Crippen LogP contribution in [0.5, 0.6) is 0 Å². The van der Waals surface area contributed by atoms with Crippen LogP contribution in [-0.2, 0) is 4.74 Å². The predicted octanol–water partition coefficient (Wildman–Crippen LogP) is 3.32. The first-order chi connectivity index (χ1) is 9.41. The maximum absolute atomic E-state index is 13.5. The molecule has 20 heavy (non-hydrogen) atoms. The van der Waals surface area contributed by atoms with E-state index in [9.17, 15) is 9.50 Å². The predicted molar refractivity (Wildman–Crippen MR) is 77.8 cm³/mol. The summed E-state index contributed by atoms with van der Waals surface area (Å²) in [5.74, 6) is -0.496. The van der Waals surface area contributed by atoms with Crippen molar-refractivity contribution in [2.75, 3.05) is 19.8 Å². The highest BCUT2D eigenvalue weighted by molar-refractivity contribution is 6.35. The number of benzene rings is 1. The van der Waals surface area contributed by atoms with Gasteiger partial charge in [-0.15, -0.1) is 0 Å². The molecule has 2 rings (SSSR count). The molecule has 1 fully saturated rings. The average Bonchev–Trinajstić information content (AvgIpc) is 2.41. The Labute approximate surface area is 128 Å². The third-order valence-corrected chi connectivity index (χ3v) is 4.28. The highest BCUT2D eigenvalue weighted by Crippen LogP contribution is 2.29. The van der Waals surface area contributed by atoms with Crippen LogP contribution in [0.1, 0.15) is 31.4 Å². The van der Waals surface area contributed by atoms with Crippen molar-refractivity contribution in [3.05, 3.63) is 33.6 Å². The van der Waals surface area contributed by atoms with E-state index in [1.54, 1.807) is 0 Å². The SMILES string of the molecule is CC(NCC1(O)CCOCC1)c1cc(F)c(Cl)cc1Cl. The number of aliphatic hydroxyl groups is 1. The molecule has 1 aliphatic heterocycles. The van der Waals surface area contributed by atoms with Gasteiger partial charge in [-0.1, -0.05) is 23.2 Å². The molecule has 0 spiro atoms. The molecule has 1 unspecified atom stereocenters. The Morgan fingerprint density at radius 3 is 2.65 bits per heavy atom. The van der Waals surface area contributed by atoms with Gasteiger partial charge in [-0.2, -0.15) is 0 Å². The van der Waals surface area contributed by atoms with Crippen molar-refractivity contribution >= 4 is 23.2 Å². The van der Waals surface area contributed by atoms with Crippen LogP contribution in [0.4, 0.5) is 4.39 Å². The van der Waals surface area contributed by atoms with E-state index in [1.807, 2.05) is 6.92 Å². The van der Waals surface area contributed by atoms with E-state index < -0.39 is 11.4 Å². The normalized spacial score (nSPS) is 19.9. The van der Waals surface area contributed by atoms with Gasteiger partial charge >= 0.3 is 0 Å². The lowest BCUT2D eigenvalue weighted by molar-refractivity contribution is -0.0626. The van der Waals surface area contributed by atoms with Crippen LogP contribution in [0.2, 0.25) is 10.0 Å². The van der Waals surface area contributed by atoms with Gasteiger partial charge in [-0.25, -0.2) is 4.39 Å². The fourth-order valence-electron chi connectivity index (χ4n) is 2.25. The summed E-state index contributed by atoms with van der Waals surface area (Å²) in [5.41, 5.74) is -0.145. The van der Waals surface area contributed by atoms with Crippen LogP contribution in [0, 0.1) is 5.82 Å². The minimum Gasteiger partial charge on any atom is -0.388 e. The molecule has 0 saturated carbocycles. The van der Waals surface area contributed by atoms with Gasteiger partial charge in [0.1, 0.15) is 5.82 Å². The van der Waals surface area contributed by atoms with Gasteiger partial charge in [0, 0.05) is 43.7 Å². The summed E-state index contributed by atoms with van der Waals surface area (Å²) in [6.45, 7) is 3.40. The smallest absolute Gasteiger partial charge is 0.142 e. The van der Waals surface area contributed by atoms with Crippen LogP contribution < -0.4 is 5.32 Å². The minimum absolute atomic E-state index is 0.00834. The van der Waals surface area contributed by atoms with Gasteiger partial charge in [-0.05, 0) is 24.6 Å². The van der Waals surface area contributed by atoms with Gasteiger partial charge in [0.2, 0.25) is 0 Å². The zero-order valence-corrected chi connectivity index (χ0v) is 12.8. The Morgan fingerprint density at radius 2 is 2.00 bits per heavy atom. The summed E-state index contributed by atoms with van der Waals surface area (Å²) in [6, 6.07) is 2.55. The summed E-state index contributed by atoms with van der Waals surface area (Å²) in [7, 11) is 0. The molecule has 6 heteroatoms. The lowest BCUT2D eigenvalue weighted by Crippen LogP contribution is -2.45. The van der Waals surface area contributed by atoms with Crippen LogP contribution in [0.15, 0.2) is 12.1 Å². The van der Waals surface area contributed by atoms with Crippen molar-refractivity contribution in [1.82, 2.24) is 5.32 Å². The topological polar surface area (TPSA) is 41.5 Å². The monoisotopic (exact) mass is 321 g/mol. The van der Waals surface area contributed by atoms with E-state index in [-0.39, 0.29) is 11.1 Å². The fraction of sp³-hybridized carbons (Fsp3) is 0.571. The Bertz CT molecular complexity index is 478. The third kappa shape index (κ3) is 3.83.